The largest absolute Gasteiger partial charge is 0.419 e. The number of anilines is 3. The van der Waals surface area contributed by atoms with Gasteiger partial charge in [0.05, 0.1) is 16.3 Å². The Morgan fingerprint density at radius 1 is 0.850 bits per heavy atom. The van der Waals surface area contributed by atoms with E-state index < -0.39 is 17.6 Å². The minimum atomic E-state index is -4.48. The molecule has 3 aliphatic rings. The molecule has 1 aromatic carbocycles. The molecule has 1 saturated carbocycles. The number of halogens is 5. The summed E-state index contributed by atoms with van der Waals surface area (Å²) in [4.78, 5) is 22.2. The van der Waals surface area contributed by atoms with E-state index in [1.54, 1.807) is 17.0 Å². The van der Waals surface area contributed by atoms with Gasteiger partial charge in [-0.15, -0.1) is 0 Å². The monoisotopic (exact) mass is 575 g/mol. The Kier molecular flexibility index (Phi) is 7.43. The van der Waals surface area contributed by atoms with Crippen molar-refractivity contribution in [3.8, 4) is 11.3 Å². The van der Waals surface area contributed by atoms with Crippen LogP contribution in [0, 0.1) is 11.7 Å². The van der Waals surface area contributed by atoms with Crippen LogP contribution in [0.2, 0.25) is 5.02 Å². The molecule has 4 heterocycles. The first-order chi connectivity index (χ1) is 19.2. The first-order valence-electron chi connectivity index (χ1n) is 13.6. The van der Waals surface area contributed by atoms with Gasteiger partial charge in [-0.05, 0) is 49.1 Å². The molecule has 0 radical (unpaired) electrons. The van der Waals surface area contributed by atoms with Gasteiger partial charge in [-0.25, -0.2) is 14.4 Å². The van der Waals surface area contributed by atoms with Gasteiger partial charge in [0.1, 0.15) is 17.5 Å². The van der Waals surface area contributed by atoms with Crippen LogP contribution in [0.1, 0.15) is 18.4 Å². The summed E-state index contributed by atoms with van der Waals surface area (Å²) in [6, 6.07) is 8.73. The highest BCUT2D eigenvalue weighted by atomic mass is 35.5. The van der Waals surface area contributed by atoms with E-state index in [2.05, 4.69) is 19.7 Å². The van der Waals surface area contributed by atoms with Crippen molar-refractivity contribution >= 4 is 29.2 Å². The van der Waals surface area contributed by atoms with Gasteiger partial charge in [-0.1, -0.05) is 11.6 Å². The van der Waals surface area contributed by atoms with Gasteiger partial charge in [0.15, 0.2) is 0 Å². The second-order valence-electron chi connectivity index (χ2n) is 10.6. The van der Waals surface area contributed by atoms with Crippen LogP contribution in [-0.4, -0.2) is 78.8 Å². The number of rotatable bonds is 6. The fraction of sp³-hybridized carbons (Fsp3) is 0.464. The summed E-state index contributed by atoms with van der Waals surface area (Å²) in [7, 11) is 0. The Morgan fingerprint density at radius 2 is 1.55 bits per heavy atom. The average Bonchev–Trinajstić information content (AvgIpc) is 3.78. The van der Waals surface area contributed by atoms with Crippen molar-refractivity contribution < 1.29 is 17.6 Å². The van der Waals surface area contributed by atoms with Gasteiger partial charge in [0.25, 0.3) is 0 Å². The molecule has 12 heteroatoms. The van der Waals surface area contributed by atoms with Crippen LogP contribution in [0.4, 0.5) is 35.1 Å². The third-order valence-electron chi connectivity index (χ3n) is 7.78. The van der Waals surface area contributed by atoms with Crippen LogP contribution in [-0.2, 0) is 6.18 Å². The van der Waals surface area contributed by atoms with Crippen LogP contribution in [0.15, 0.2) is 42.6 Å². The van der Waals surface area contributed by atoms with Gasteiger partial charge in [-0.2, -0.15) is 18.2 Å². The Morgan fingerprint density at radius 3 is 2.23 bits per heavy atom. The van der Waals surface area contributed by atoms with E-state index in [9.17, 15) is 17.6 Å². The highest BCUT2D eigenvalue weighted by Crippen LogP contribution is 2.36. The molecule has 0 bridgehead atoms. The zero-order chi connectivity index (χ0) is 27.9. The van der Waals surface area contributed by atoms with E-state index in [0.717, 1.165) is 44.7 Å². The summed E-state index contributed by atoms with van der Waals surface area (Å²) in [6.07, 6.45) is -0.450. The zero-order valence-corrected chi connectivity index (χ0v) is 22.7. The van der Waals surface area contributed by atoms with E-state index in [1.165, 1.54) is 31.2 Å². The molecular weight excluding hydrogens is 546 g/mol. The summed E-state index contributed by atoms with van der Waals surface area (Å²) in [6.45, 7) is 6.25. The molecule has 3 fully saturated rings. The fourth-order valence-electron chi connectivity index (χ4n) is 5.34. The van der Waals surface area contributed by atoms with Crippen molar-refractivity contribution in [2.24, 2.45) is 5.92 Å². The van der Waals surface area contributed by atoms with Gasteiger partial charge in [0.2, 0.25) is 5.95 Å². The van der Waals surface area contributed by atoms with E-state index in [1.807, 2.05) is 6.07 Å². The topological polar surface area (TPSA) is 51.6 Å². The lowest BCUT2D eigenvalue weighted by molar-refractivity contribution is -0.137. The predicted octanol–water partition coefficient (Wildman–Crippen LogP) is 5.21. The average molecular weight is 576 g/mol. The molecule has 0 spiro atoms. The fourth-order valence-corrected chi connectivity index (χ4v) is 5.52. The molecule has 0 unspecified atom stereocenters. The van der Waals surface area contributed by atoms with E-state index in [4.69, 9.17) is 21.6 Å². The van der Waals surface area contributed by atoms with Crippen molar-refractivity contribution in [1.29, 1.82) is 0 Å². The molecule has 3 aromatic rings. The maximum atomic E-state index is 13.9. The molecule has 6 rings (SSSR count). The number of piperazine rings is 2. The van der Waals surface area contributed by atoms with Crippen molar-refractivity contribution in [2.75, 3.05) is 73.6 Å². The SMILES string of the molecule is Fc1ccc(-c2cc(N3CCN(c4ncccc4C(F)(F)F)CC3)nc(N3CCN(CC4CC4)CC3)n2)cc1Cl. The summed E-state index contributed by atoms with van der Waals surface area (Å²) in [5.41, 5.74) is 0.559. The van der Waals surface area contributed by atoms with E-state index in [0.29, 0.717) is 49.2 Å². The molecule has 0 amide bonds. The molecule has 2 aliphatic heterocycles. The number of hydrogen-bond donors (Lipinski definition) is 0. The third kappa shape index (κ3) is 5.95. The third-order valence-corrected chi connectivity index (χ3v) is 8.07. The highest BCUT2D eigenvalue weighted by Gasteiger charge is 2.36. The Bertz CT molecular complexity index is 1350. The normalized spacial score (nSPS) is 18.9. The van der Waals surface area contributed by atoms with Crippen LogP contribution in [0.3, 0.4) is 0 Å². The molecule has 40 heavy (non-hydrogen) atoms. The summed E-state index contributed by atoms with van der Waals surface area (Å²) in [5, 5.41) is 0.0114. The van der Waals surface area contributed by atoms with Gasteiger partial charge < -0.3 is 14.7 Å². The van der Waals surface area contributed by atoms with E-state index in [-0.39, 0.29) is 10.8 Å². The highest BCUT2D eigenvalue weighted by molar-refractivity contribution is 6.31. The van der Waals surface area contributed by atoms with Crippen molar-refractivity contribution in [1.82, 2.24) is 19.9 Å². The molecule has 1 aliphatic carbocycles. The number of nitrogens with zero attached hydrogens (tertiary/aromatic N) is 7. The van der Waals surface area contributed by atoms with Crippen molar-refractivity contribution in [3.63, 3.8) is 0 Å². The number of hydrogen-bond acceptors (Lipinski definition) is 7. The molecule has 2 saturated heterocycles. The summed E-state index contributed by atoms with van der Waals surface area (Å²) >= 11 is 6.09. The lowest BCUT2D eigenvalue weighted by Crippen LogP contribution is -2.48. The molecule has 212 valence electrons. The van der Waals surface area contributed by atoms with Crippen LogP contribution in [0.5, 0.6) is 0 Å². The molecule has 2 aromatic heterocycles. The van der Waals surface area contributed by atoms with Crippen LogP contribution in [0.25, 0.3) is 11.3 Å². The quantitative estimate of drug-likeness (QED) is 0.374. The van der Waals surface area contributed by atoms with Gasteiger partial charge in [0, 0.05) is 76.7 Å². The van der Waals surface area contributed by atoms with E-state index >= 15 is 0 Å². The summed E-state index contributed by atoms with van der Waals surface area (Å²) < 4.78 is 54.6. The minimum Gasteiger partial charge on any atom is -0.353 e. The lowest BCUT2D eigenvalue weighted by atomic mass is 10.1. The Hall–Kier alpha value is -3.18. The maximum Gasteiger partial charge on any atom is 0.419 e. The number of pyridine rings is 1. The van der Waals surface area contributed by atoms with Crippen molar-refractivity contribution in [2.45, 2.75) is 19.0 Å². The molecular formula is C28H30ClF4N7. The maximum absolute atomic E-state index is 13.9. The number of alkyl halides is 3. The smallest absolute Gasteiger partial charge is 0.353 e. The number of aromatic nitrogens is 3. The molecule has 0 N–H and O–H groups in total. The van der Waals surface area contributed by atoms with Crippen LogP contribution < -0.4 is 14.7 Å². The first kappa shape index (κ1) is 27.0. The van der Waals surface area contributed by atoms with Gasteiger partial charge >= 0.3 is 6.18 Å². The zero-order valence-electron chi connectivity index (χ0n) is 21.9. The standard InChI is InChI=1S/C28H30ClF4N7/c29-22-16-20(5-6-23(22)30)24-17-25(36-27(35-24)40-10-8-37(9-11-40)18-19-3-4-19)38-12-14-39(15-13-38)26-21(28(31,32)33)2-1-7-34-26/h1-2,5-7,16-17,19H,3-4,8-15,18H2. The van der Waals surface area contributed by atoms with Crippen LogP contribution >= 0.6 is 11.6 Å². The van der Waals surface area contributed by atoms with Crippen molar-refractivity contribution in [3.05, 3.63) is 59.0 Å². The van der Waals surface area contributed by atoms with Gasteiger partial charge in [-0.3, -0.25) is 4.90 Å². The first-order valence-corrected chi connectivity index (χ1v) is 14.0. The summed E-state index contributed by atoms with van der Waals surface area (Å²) in [5.74, 6) is 1.54. The second-order valence-corrected chi connectivity index (χ2v) is 11.0. The lowest BCUT2D eigenvalue weighted by Gasteiger charge is -2.38. The second kappa shape index (κ2) is 11.0. The Labute approximate surface area is 235 Å². The Balaban J connectivity index is 1.24. The molecule has 0 atom stereocenters. The number of benzene rings is 1. The predicted molar refractivity (Wildman–Crippen MR) is 147 cm³/mol. The molecule has 7 nitrogen and oxygen atoms in total. The minimum absolute atomic E-state index is 0.0114.